The Hall–Kier alpha value is -1.64. The minimum absolute atomic E-state index is 0.104. The van der Waals surface area contributed by atoms with Crippen molar-refractivity contribution >= 4 is 11.8 Å². The first kappa shape index (κ1) is 13.8. The monoisotopic (exact) mass is 260 g/mol. The number of methoxy groups -OCH3 is 1. The summed E-state index contributed by atoms with van der Waals surface area (Å²) in [5, 5.41) is 0. The minimum atomic E-state index is -0.464. The van der Waals surface area contributed by atoms with Crippen molar-refractivity contribution in [3.63, 3.8) is 0 Å². The van der Waals surface area contributed by atoms with Gasteiger partial charge < -0.3 is 4.74 Å². The molecule has 102 valence electrons. The molecule has 1 aliphatic carbocycles. The third kappa shape index (κ3) is 2.42. The molecule has 0 fully saturated rings. The van der Waals surface area contributed by atoms with Crippen molar-refractivity contribution < 1.29 is 14.3 Å². The molecule has 0 saturated carbocycles. The number of benzene rings is 1. The summed E-state index contributed by atoms with van der Waals surface area (Å²) < 4.78 is 4.87. The summed E-state index contributed by atoms with van der Waals surface area (Å²) in [6.07, 6.45) is 0.593. The maximum absolute atomic E-state index is 12.7. The molecule has 0 bridgehead atoms. The molecule has 1 aromatic carbocycles. The van der Waals surface area contributed by atoms with Crippen molar-refractivity contribution in [2.24, 2.45) is 11.3 Å². The fourth-order valence-electron chi connectivity index (χ4n) is 2.76. The Morgan fingerprint density at radius 3 is 2.42 bits per heavy atom. The second-order valence-electron chi connectivity index (χ2n) is 6.12. The van der Waals surface area contributed by atoms with E-state index in [9.17, 15) is 9.59 Å². The Labute approximate surface area is 114 Å². The Morgan fingerprint density at radius 1 is 1.21 bits per heavy atom. The molecule has 0 saturated heterocycles. The Balaban J connectivity index is 2.45. The summed E-state index contributed by atoms with van der Waals surface area (Å²) >= 11 is 0. The number of ether oxygens (including phenoxy) is 1. The molecule has 2 rings (SSSR count). The highest BCUT2D eigenvalue weighted by Gasteiger charge is 2.45. The van der Waals surface area contributed by atoms with Crippen LogP contribution in [0.3, 0.4) is 0 Å². The molecule has 0 radical (unpaired) electrons. The van der Waals surface area contributed by atoms with Gasteiger partial charge in [-0.2, -0.15) is 0 Å². The van der Waals surface area contributed by atoms with Crippen molar-refractivity contribution in [3.05, 3.63) is 35.4 Å². The molecule has 3 heteroatoms. The highest BCUT2D eigenvalue weighted by atomic mass is 16.5. The van der Waals surface area contributed by atoms with Crippen LogP contribution in [-0.2, 0) is 20.7 Å². The quantitative estimate of drug-likeness (QED) is 0.768. The Morgan fingerprint density at radius 2 is 1.84 bits per heavy atom. The van der Waals surface area contributed by atoms with E-state index in [1.165, 1.54) is 7.11 Å². The van der Waals surface area contributed by atoms with Gasteiger partial charge in [-0.1, -0.05) is 45.0 Å². The van der Waals surface area contributed by atoms with E-state index in [2.05, 4.69) is 0 Å². The molecule has 3 nitrogen and oxygen atoms in total. The zero-order chi connectivity index (χ0) is 14.2. The lowest BCUT2D eigenvalue weighted by Crippen LogP contribution is -2.33. The van der Waals surface area contributed by atoms with Crippen LogP contribution in [0.2, 0.25) is 0 Å². The van der Waals surface area contributed by atoms with E-state index >= 15 is 0 Å². The number of ketones is 1. The van der Waals surface area contributed by atoms with Gasteiger partial charge in [0.05, 0.1) is 18.9 Å². The van der Waals surface area contributed by atoms with Gasteiger partial charge in [0.15, 0.2) is 0 Å². The SMILES string of the molecule is COC(=O)[C@@H]1Cc2ccccc2[C@@H]1C(=O)C(C)(C)C. The number of fused-ring (bicyclic) bond motifs is 1. The molecule has 0 aromatic heterocycles. The van der Waals surface area contributed by atoms with Gasteiger partial charge in [0.2, 0.25) is 0 Å². The lowest BCUT2D eigenvalue weighted by molar-refractivity contribution is -0.148. The minimum Gasteiger partial charge on any atom is -0.469 e. The average molecular weight is 260 g/mol. The highest BCUT2D eigenvalue weighted by molar-refractivity contribution is 5.95. The maximum Gasteiger partial charge on any atom is 0.310 e. The lowest BCUT2D eigenvalue weighted by Gasteiger charge is -2.25. The van der Waals surface area contributed by atoms with Gasteiger partial charge in [0.1, 0.15) is 5.78 Å². The molecule has 0 heterocycles. The van der Waals surface area contributed by atoms with E-state index in [1.807, 2.05) is 45.0 Å². The van der Waals surface area contributed by atoms with E-state index < -0.39 is 5.41 Å². The first-order valence-electron chi connectivity index (χ1n) is 6.56. The van der Waals surface area contributed by atoms with E-state index in [0.717, 1.165) is 11.1 Å². The second-order valence-corrected chi connectivity index (χ2v) is 6.12. The standard InChI is InChI=1S/C16H20O3/c1-16(2,3)14(17)13-11-8-6-5-7-10(11)9-12(13)15(18)19-4/h5-8,12-13H,9H2,1-4H3/t12-,13+/m1/s1. The number of Topliss-reactive ketones (excluding diaryl/α,β-unsaturated/α-hetero) is 1. The summed E-state index contributed by atoms with van der Waals surface area (Å²) in [4.78, 5) is 24.6. The smallest absolute Gasteiger partial charge is 0.310 e. The van der Waals surface area contributed by atoms with Crippen LogP contribution in [0.5, 0.6) is 0 Å². The first-order valence-corrected chi connectivity index (χ1v) is 6.56. The summed E-state index contributed by atoms with van der Waals surface area (Å²) in [6, 6.07) is 7.80. The average Bonchev–Trinajstić information content (AvgIpc) is 2.74. The largest absolute Gasteiger partial charge is 0.469 e. The molecule has 0 amide bonds. The van der Waals surface area contributed by atoms with Gasteiger partial charge in [-0.25, -0.2) is 0 Å². The summed E-state index contributed by atoms with van der Waals surface area (Å²) in [7, 11) is 1.38. The molecular formula is C16H20O3. The molecule has 1 aromatic rings. The highest BCUT2D eigenvalue weighted by Crippen LogP contribution is 2.42. The van der Waals surface area contributed by atoms with Crippen LogP contribution in [0.15, 0.2) is 24.3 Å². The number of carbonyl (C=O) groups is 2. The molecule has 0 unspecified atom stereocenters. The molecule has 0 N–H and O–H groups in total. The van der Waals surface area contributed by atoms with Gasteiger partial charge in [-0.05, 0) is 17.5 Å². The molecule has 0 aliphatic heterocycles. The van der Waals surface area contributed by atoms with Crippen LogP contribution in [0.25, 0.3) is 0 Å². The van der Waals surface area contributed by atoms with Crippen LogP contribution >= 0.6 is 0 Å². The summed E-state index contributed by atoms with van der Waals surface area (Å²) in [5.74, 6) is -0.940. The van der Waals surface area contributed by atoms with Crippen molar-refractivity contribution in [3.8, 4) is 0 Å². The molecule has 1 aliphatic rings. The van der Waals surface area contributed by atoms with Crippen molar-refractivity contribution in [1.82, 2.24) is 0 Å². The topological polar surface area (TPSA) is 43.4 Å². The van der Waals surface area contributed by atoms with Crippen LogP contribution in [0.1, 0.15) is 37.8 Å². The number of rotatable bonds is 2. The predicted octanol–water partition coefficient (Wildman–Crippen LogP) is 2.73. The third-order valence-electron chi connectivity index (χ3n) is 3.76. The molecule has 19 heavy (non-hydrogen) atoms. The number of hydrogen-bond donors (Lipinski definition) is 0. The van der Waals surface area contributed by atoms with Crippen LogP contribution in [0, 0.1) is 11.3 Å². The van der Waals surface area contributed by atoms with Gasteiger partial charge in [0, 0.05) is 5.41 Å². The van der Waals surface area contributed by atoms with E-state index in [0.29, 0.717) is 6.42 Å². The zero-order valence-corrected chi connectivity index (χ0v) is 11.9. The van der Waals surface area contributed by atoms with E-state index in [-0.39, 0.29) is 23.6 Å². The molecule has 0 spiro atoms. The normalized spacial score (nSPS) is 21.9. The van der Waals surface area contributed by atoms with Crippen molar-refractivity contribution in [2.75, 3.05) is 7.11 Å². The van der Waals surface area contributed by atoms with Gasteiger partial charge in [-0.3, -0.25) is 9.59 Å². The summed E-state index contributed by atoms with van der Waals surface area (Å²) in [5.41, 5.74) is 1.60. The van der Waals surface area contributed by atoms with Gasteiger partial charge in [-0.15, -0.1) is 0 Å². The fraction of sp³-hybridized carbons (Fsp3) is 0.500. The van der Waals surface area contributed by atoms with E-state index in [4.69, 9.17) is 4.74 Å². The second kappa shape index (κ2) is 4.80. The van der Waals surface area contributed by atoms with Gasteiger partial charge >= 0.3 is 5.97 Å². The number of hydrogen-bond acceptors (Lipinski definition) is 3. The number of carbonyl (C=O) groups excluding carboxylic acids is 2. The number of esters is 1. The van der Waals surface area contributed by atoms with E-state index in [1.54, 1.807) is 0 Å². The van der Waals surface area contributed by atoms with Crippen molar-refractivity contribution in [1.29, 1.82) is 0 Å². The lowest BCUT2D eigenvalue weighted by atomic mass is 9.77. The zero-order valence-electron chi connectivity index (χ0n) is 11.9. The maximum atomic E-state index is 12.7. The van der Waals surface area contributed by atoms with Crippen LogP contribution < -0.4 is 0 Å². The predicted molar refractivity (Wildman–Crippen MR) is 72.9 cm³/mol. The Bertz CT molecular complexity index is 511. The first-order chi connectivity index (χ1) is 8.86. The Kier molecular flexibility index (Phi) is 3.48. The molecular weight excluding hydrogens is 240 g/mol. The summed E-state index contributed by atoms with van der Waals surface area (Å²) in [6.45, 7) is 5.68. The molecule has 2 atom stereocenters. The van der Waals surface area contributed by atoms with Gasteiger partial charge in [0.25, 0.3) is 0 Å². The van der Waals surface area contributed by atoms with Crippen molar-refractivity contribution in [2.45, 2.75) is 33.1 Å². The van der Waals surface area contributed by atoms with Crippen LogP contribution in [0.4, 0.5) is 0 Å². The fourth-order valence-corrected chi connectivity index (χ4v) is 2.76. The van der Waals surface area contributed by atoms with Crippen LogP contribution in [-0.4, -0.2) is 18.9 Å². The third-order valence-corrected chi connectivity index (χ3v) is 3.76.